The molecule has 29 heavy (non-hydrogen) atoms. The predicted octanol–water partition coefficient (Wildman–Crippen LogP) is 2.42. The van der Waals surface area contributed by atoms with Crippen LogP contribution in [0.4, 0.5) is 0 Å². The monoisotopic (exact) mass is 434 g/mol. The van der Waals surface area contributed by atoms with Crippen molar-refractivity contribution >= 4 is 13.8 Å². The van der Waals surface area contributed by atoms with Gasteiger partial charge in [0.1, 0.15) is 12.7 Å². The van der Waals surface area contributed by atoms with Gasteiger partial charge >= 0.3 is 13.8 Å². The maximum Gasteiger partial charge on any atom is 0.472 e. The normalized spacial score (nSPS) is 14.6. The van der Waals surface area contributed by atoms with Crippen LogP contribution in [0, 0.1) is 5.92 Å². The Morgan fingerprint density at radius 2 is 1.76 bits per heavy atom. The molecule has 2 N–H and O–H groups in total. The molecule has 10 heteroatoms. The number of carbonyl (C=O) groups is 1. The Labute approximate surface area is 172 Å². The highest BCUT2D eigenvalue weighted by Crippen LogP contribution is 2.43. The molecule has 0 aliphatic carbocycles. The van der Waals surface area contributed by atoms with Crippen LogP contribution in [-0.2, 0) is 34.4 Å². The standard InChI is InChI=1S/C19H32NO8P/c1-17(2)14-25-15-18(26-12-7-4-8-19(21)22)16-28-29(23,24)27-13-11-20-9-5-3-6-10-20/h3,5-6,9-10,17-18H,4,7-8,11-16H2,1-2H3,(H-,21,22,23,24)/p+1. The molecule has 166 valence electrons. The summed E-state index contributed by atoms with van der Waals surface area (Å²) in [6.45, 7) is 5.34. The molecule has 0 bridgehead atoms. The number of carboxylic acids is 1. The van der Waals surface area contributed by atoms with E-state index in [2.05, 4.69) is 0 Å². The van der Waals surface area contributed by atoms with Gasteiger partial charge < -0.3 is 19.5 Å². The van der Waals surface area contributed by atoms with Crippen molar-refractivity contribution in [2.45, 2.75) is 45.8 Å². The van der Waals surface area contributed by atoms with E-state index >= 15 is 0 Å². The predicted molar refractivity (Wildman–Crippen MR) is 105 cm³/mol. The Morgan fingerprint density at radius 1 is 1.03 bits per heavy atom. The van der Waals surface area contributed by atoms with Gasteiger partial charge in [0.2, 0.25) is 0 Å². The van der Waals surface area contributed by atoms with Crippen molar-refractivity contribution in [3.63, 3.8) is 0 Å². The molecule has 0 spiro atoms. The van der Waals surface area contributed by atoms with Crippen molar-refractivity contribution in [1.82, 2.24) is 0 Å². The van der Waals surface area contributed by atoms with Gasteiger partial charge in [-0.25, -0.2) is 9.13 Å². The number of ether oxygens (including phenoxy) is 2. The SMILES string of the molecule is CC(C)COCC(COP(=O)(O)OCC[n+]1ccccc1)OCCCCC(=O)O. The van der Waals surface area contributed by atoms with E-state index in [1.807, 2.05) is 49.0 Å². The topological polar surface area (TPSA) is 115 Å². The van der Waals surface area contributed by atoms with Gasteiger partial charge in [-0.1, -0.05) is 19.9 Å². The summed E-state index contributed by atoms with van der Waals surface area (Å²) in [6, 6.07) is 5.58. The lowest BCUT2D eigenvalue weighted by Gasteiger charge is -2.20. The summed E-state index contributed by atoms with van der Waals surface area (Å²) in [5.41, 5.74) is 0. The molecule has 0 fully saturated rings. The number of nitrogens with zero attached hydrogens (tertiary/aromatic N) is 1. The number of rotatable bonds is 17. The fourth-order valence-electron chi connectivity index (χ4n) is 2.27. The Bertz CT molecular complexity index is 613. The van der Waals surface area contributed by atoms with Crippen molar-refractivity contribution in [2.75, 3.05) is 33.0 Å². The van der Waals surface area contributed by atoms with E-state index in [0.717, 1.165) is 0 Å². The van der Waals surface area contributed by atoms with Gasteiger partial charge in [0.25, 0.3) is 0 Å². The quantitative estimate of drug-likeness (QED) is 0.218. The second-order valence-corrected chi connectivity index (χ2v) is 8.44. The summed E-state index contributed by atoms with van der Waals surface area (Å²) in [5, 5.41) is 8.65. The number of hydrogen-bond donors (Lipinski definition) is 2. The van der Waals surface area contributed by atoms with Crippen molar-refractivity contribution < 1.29 is 42.4 Å². The maximum absolute atomic E-state index is 12.1. The summed E-state index contributed by atoms with van der Waals surface area (Å²) < 4.78 is 35.2. The van der Waals surface area contributed by atoms with E-state index in [0.29, 0.717) is 38.5 Å². The van der Waals surface area contributed by atoms with E-state index in [-0.39, 0.29) is 26.2 Å². The molecule has 9 nitrogen and oxygen atoms in total. The van der Waals surface area contributed by atoms with Crippen LogP contribution in [0.15, 0.2) is 30.6 Å². The van der Waals surface area contributed by atoms with Gasteiger partial charge in [-0.05, 0) is 18.8 Å². The number of phosphoric ester groups is 1. The molecule has 0 radical (unpaired) electrons. The molecule has 2 atom stereocenters. The molecule has 0 aliphatic heterocycles. The summed E-state index contributed by atoms with van der Waals surface area (Å²) in [6.07, 6.45) is 4.24. The Hall–Kier alpha value is -1.35. The molecule has 2 unspecified atom stereocenters. The Kier molecular flexibility index (Phi) is 12.9. The van der Waals surface area contributed by atoms with Crippen LogP contribution >= 0.6 is 7.82 Å². The van der Waals surface area contributed by atoms with Gasteiger partial charge in [-0.2, -0.15) is 0 Å². The number of hydrogen-bond acceptors (Lipinski definition) is 6. The van der Waals surface area contributed by atoms with Crippen LogP contribution in [0.2, 0.25) is 0 Å². The third-order valence-corrected chi connectivity index (χ3v) is 4.68. The minimum Gasteiger partial charge on any atom is -0.481 e. The highest BCUT2D eigenvalue weighted by molar-refractivity contribution is 7.47. The second-order valence-electron chi connectivity index (χ2n) is 6.99. The molecule has 0 amide bonds. The van der Waals surface area contributed by atoms with Crippen LogP contribution in [0.3, 0.4) is 0 Å². The van der Waals surface area contributed by atoms with Crippen molar-refractivity contribution in [3.8, 4) is 0 Å². The molecular formula is C19H33NO8P+. The third kappa shape index (κ3) is 14.3. The molecule has 0 saturated heterocycles. The summed E-state index contributed by atoms with van der Waals surface area (Å²) in [4.78, 5) is 20.4. The number of unbranched alkanes of at least 4 members (excludes halogenated alkanes) is 1. The molecule has 1 rings (SSSR count). The van der Waals surface area contributed by atoms with E-state index in [9.17, 15) is 14.3 Å². The van der Waals surface area contributed by atoms with Crippen LogP contribution in [-0.4, -0.2) is 55.1 Å². The lowest BCUT2D eigenvalue weighted by Crippen LogP contribution is -2.34. The largest absolute Gasteiger partial charge is 0.481 e. The van der Waals surface area contributed by atoms with Gasteiger partial charge in [0, 0.05) is 31.8 Å². The third-order valence-electron chi connectivity index (χ3n) is 3.70. The van der Waals surface area contributed by atoms with Gasteiger partial charge in [-0.3, -0.25) is 13.8 Å². The van der Waals surface area contributed by atoms with Crippen molar-refractivity contribution in [2.24, 2.45) is 5.92 Å². The fraction of sp³-hybridized carbons (Fsp3) is 0.684. The zero-order chi connectivity index (χ0) is 21.5. The molecule has 1 aromatic rings. The first-order valence-corrected chi connectivity index (χ1v) is 11.2. The molecule has 0 aliphatic rings. The molecule has 1 aromatic heterocycles. The molecular weight excluding hydrogens is 401 g/mol. The van der Waals surface area contributed by atoms with Gasteiger partial charge in [-0.15, -0.1) is 0 Å². The number of aromatic nitrogens is 1. The van der Waals surface area contributed by atoms with Crippen LogP contribution in [0.1, 0.15) is 33.1 Å². The highest BCUT2D eigenvalue weighted by Gasteiger charge is 2.24. The lowest BCUT2D eigenvalue weighted by atomic mass is 10.2. The second kappa shape index (κ2) is 14.6. The summed E-state index contributed by atoms with van der Waals surface area (Å²) >= 11 is 0. The van der Waals surface area contributed by atoms with E-state index in [1.165, 1.54) is 0 Å². The highest BCUT2D eigenvalue weighted by atomic mass is 31.2. The summed E-state index contributed by atoms with van der Waals surface area (Å²) in [7, 11) is -4.22. The summed E-state index contributed by atoms with van der Waals surface area (Å²) in [5.74, 6) is -0.507. The maximum atomic E-state index is 12.1. The Morgan fingerprint density at radius 3 is 2.41 bits per heavy atom. The first kappa shape index (κ1) is 25.7. The van der Waals surface area contributed by atoms with Crippen LogP contribution < -0.4 is 4.57 Å². The molecule has 1 heterocycles. The minimum atomic E-state index is -4.22. The van der Waals surface area contributed by atoms with E-state index in [4.69, 9.17) is 23.6 Å². The van der Waals surface area contributed by atoms with Crippen molar-refractivity contribution in [3.05, 3.63) is 30.6 Å². The number of phosphoric acid groups is 1. The number of carboxylic acid groups (broad SMARTS) is 1. The van der Waals surface area contributed by atoms with Crippen LogP contribution in [0.5, 0.6) is 0 Å². The van der Waals surface area contributed by atoms with E-state index < -0.39 is 19.9 Å². The molecule has 0 aromatic carbocycles. The number of pyridine rings is 1. The first-order valence-electron chi connectivity index (χ1n) is 9.75. The average Bonchev–Trinajstić information content (AvgIpc) is 2.65. The Balaban J connectivity index is 2.37. The van der Waals surface area contributed by atoms with Gasteiger partial charge in [0.05, 0.1) is 13.2 Å². The zero-order valence-corrected chi connectivity index (χ0v) is 18.0. The smallest absolute Gasteiger partial charge is 0.472 e. The minimum absolute atomic E-state index is 0.0209. The van der Waals surface area contributed by atoms with E-state index in [1.54, 1.807) is 0 Å². The van der Waals surface area contributed by atoms with Crippen LogP contribution in [0.25, 0.3) is 0 Å². The van der Waals surface area contributed by atoms with Gasteiger partial charge in [0.15, 0.2) is 18.9 Å². The first-order chi connectivity index (χ1) is 13.8. The average molecular weight is 434 g/mol. The lowest BCUT2D eigenvalue weighted by molar-refractivity contribution is -0.697. The number of aliphatic carboxylic acids is 1. The molecule has 0 saturated carbocycles. The zero-order valence-electron chi connectivity index (χ0n) is 17.1. The van der Waals surface area contributed by atoms with Crippen molar-refractivity contribution in [1.29, 1.82) is 0 Å². The fourth-order valence-corrected chi connectivity index (χ4v) is 3.01.